The number of hydrogen-bond donors (Lipinski definition) is 5. The van der Waals surface area contributed by atoms with Crippen LogP contribution in [0.3, 0.4) is 0 Å². The highest BCUT2D eigenvalue weighted by Gasteiger charge is 2.54. The average Bonchev–Trinajstić information content (AvgIpc) is 3.65. The lowest BCUT2D eigenvalue weighted by atomic mass is 10.1. The molecule has 2 aromatic heterocycles. The number of amides is 2. The van der Waals surface area contributed by atoms with Crippen LogP contribution in [0.1, 0.15) is 25.1 Å². The Labute approximate surface area is 249 Å². The quantitative estimate of drug-likeness (QED) is 0.165. The lowest BCUT2D eigenvalue weighted by Gasteiger charge is -2.22. The summed E-state index contributed by atoms with van der Waals surface area (Å²) in [4.78, 5) is 55.5. The molecule has 0 saturated carbocycles. The molecule has 2 saturated heterocycles. The van der Waals surface area contributed by atoms with Crippen molar-refractivity contribution in [1.29, 1.82) is 0 Å². The second-order valence-corrected chi connectivity index (χ2v) is 13.3. The highest BCUT2D eigenvalue weighted by Crippen LogP contribution is 2.60. The van der Waals surface area contributed by atoms with Crippen LogP contribution in [0.5, 0.6) is 0 Å². The summed E-state index contributed by atoms with van der Waals surface area (Å²) in [5.74, 6) is -1.24. The summed E-state index contributed by atoms with van der Waals surface area (Å²) in [6.07, 6.45) is -2.98. The van der Waals surface area contributed by atoms with E-state index in [4.69, 9.17) is 23.8 Å². The van der Waals surface area contributed by atoms with E-state index in [1.165, 1.54) is 17.2 Å². The van der Waals surface area contributed by atoms with Gasteiger partial charge in [-0.05, 0) is 12.5 Å². The molecule has 5 N–H and O–H groups in total. The summed E-state index contributed by atoms with van der Waals surface area (Å²) in [6.45, 7) is 1.52. The molecule has 0 radical (unpaired) electrons. The number of carbonyl (C=O) groups is 2. The minimum atomic E-state index is -5.15. The van der Waals surface area contributed by atoms with Crippen molar-refractivity contribution in [2.24, 2.45) is 0 Å². The van der Waals surface area contributed by atoms with Gasteiger partial charge in [0.05, 0.1) is 25.5 Å². The molecule has 5 rings (SSSR count). The zero-order valence-corrected chi connectivity index (χ0v) is 25.0. The monoisotopic (exact) mass is 656 g/mol. The number of fused-ring (bicyclic) bond motifs is 2. The molecule has 238 valence electrons. The summed E-state index contributed by atoms with van der Waals surface area (Å²) in [7, 11) is -9.92. The normalized spacial score (nSPS) is 25.7. The molecule has 18 nitrogen and oxygen atoms in total. The molecule has 1 aromatic carbocycles. The summed E-state index contributed by atoms with van der Waals surface area (Å²) in [5, 5.41) is 13.9. The number of rotatable bonds is 13. The number of hydrogen-bond acceptors (Lipinski definition) is 12. The van der Waals surface area contributed by atoms with Crippen LogP contribution in [-0.4, -0.2) is 90.3 Å². The number of aliphatic carboxylic acids is 1. The van der Waals surface area contributed by atoms with Crippen LogP contribution < -0.4 is 10.6 Å². The van der Waals surface area contributed by atoms with Gasteiger partial charge < -0.3 is 34.4 Å². The van der Waals surface area contributed by atoms with Gasteiger partial charge in [0.15, 0.2) is 29.5 Å². The van der Waals surface area contributed by atoms with Gasteiger partial charge in [0, 0.05) is 13.0 Å². The molecule has 4 heterocycles. The Morgan fingerprint density at radius 2 is 1.82 bits per heavy atom. The van der Waals surface area contributed by atoms with Gasteiger partial charge in [-0.3, -0.25) is 23.8 Å². The van der Waals surface area contributed by atoms with Crippen molar-refractivity contribution in [3.05, 3.63) is 48.5 Å². The summed E-state index contributed by atoms with van der Waals surface area (Å²) in [5.41, 5.74) is 1.47. The van der Waals surface area contributed by atoms with E-state index in [1.54, 1.807) is 6.92 Å². The largest absolute Gasteiger partial charge is 0.481 e. The maximum Gasteiger partial charge on any atom is 0.479 e. The Hall–Kier alpha value is -3.31. The minimum Gasteiger partial charge on any atom is -0.481 e. The SMILES string of the molecule is CCNC(=O)Nc1ncnc2c1ncn2[C@@H]1O[C@H](COP(=O)(O)OP(=O)(O)CCC(=O)O)C2OC(Cc3ccccc3)OC21. The number of aromatic nitrogens is 4. The van der Waals surface area contributed by atoms with Gasteiger partial charge in [-0.2, -0.15) is 0 Å². The number of nitrogens with zero attached hydrogens (tertiary/aromatic N) is 4. The summed E-state index contributed by atoms with van der Waals surface area (Å²) < 4.78 is 54.1. The molecule has 2 aliphatic heterocycles. The topological polar surface area (TPSA) is 243 Å². The number of nitrogens with one attached hydrogen (secondary N) is 2. The van der Waals surface area contributed by atoms with E-state index in [0.717, 1.165) is 5.56 Å². The molecule has 44 heavy (non-hydrogen) atoms. The van der Waals surface area contributed by atoms with Crippen LogP contribution in [0.2, 0.25) is 0 Å². The third-order valence-electron chi connectivity index (χ3n) is 6.59. The van der Waals surface area contributed by atoms with Crippen LogP contribution in [0.25, 0.3) is 11.2 Å². The molecule has 2 aliphatic rings. The fourth-order valence-corrected chi connectivity index (χ4v) is 7.35. The number of carboxylic acid groups (broad SMARTS) is 1. The number of carboxylic acids is 1. The van der Waals surface area contributed by atoms with E-state index < -0.39 is 77.4 Å². The molecule has 7 atom stereocenters. The van der Waals surface area contributed by atoms with Gasteiger partial charge in [-0.1, -0.05) is 30.3 Å². The molecular formula is C24H30N6O12P2. The van der Waals surface area contributed by atoms with E-state index in [1.807, 2.05) is 30.3 Å². The van der Waals surface area contributed by atoms with Crippen molar-refractivity contribution in [1.82, 2.24) is 24.8 Å². The van der Waals surface area contributed by atoms with Gasteiger partial charge in [0.25, 0.3) is 0 Å². The van der Waals surface area contributed by atoms with Crippen molar-refractivity contribution in [2.45, 2.75) is 50.6 Å². The van der Waals surface area contributed by atoms with Gasteiger partial charge in [-0.25, -0.2) is 28.6 Å². The maximum absolute atomic E-state index is 12.5. The van der Waals surface area contributed by atoms with E-state index >= 15 is 0 Å². The highest BCUT2D eigenvalue weighted by molar-refractivity contribution is 7.64. The molecule has 0 bridgehead atoms. The molecular weight excluding hydrogens is 626 g/mol. The number of urea groups is 1. The Morgan fingerprint density at radius 3 is 2.55 bits per heavy atom. The lowest BCUT2D eigenvalue weighted by molar-refractivity contribution is -0.149. The van der Waals surface area contributed by atoms with E-state index in [-0.39, 0.29) is 17.0 Å². The first-order chi connectivity index (χ1) is 20.9. The average molecular weight is 656 g/mol. The second kappa shape index (κ2) is 13.4. The minimum absolute atomic E-state index is 0.148. The molecule has 3 aromatic rings. The zero-order chi connectivity index (χ0) is 31.5. The predicted octanol–water partition coefficient (Wildman–Crippen LogP) is 2.01. The first-order valence-corrected chi connectivity index (χ1v) is 16.7. The van der Waals surface area contributed by atoms with Crippen LogP contribution in [0.15, 0.2) is 43.0 Å². The van der Waals surface area contributed by atoms with Crippen LogP contribution in [0.4, 0.5) is 10.6 Å². The molecule has 2 amide bonds. The fraction of sp³-hybridized carbons (Fsp3) is 0.458. The van der Waals surface area contributed by atoms with Crippen LogP contribution in [0, 0.1) is 0 Å². The van der Waals surface area contributed by atoms with Crippen molar-refractivity contribution < 1.29 is 56.7 Å². The van der Waals surface area contributed by atoms with Crippen molar-refractivity contribution in [3.63, 3.8) is 0 Å². The van der Waals surface area contributed by atoms with E-state index in [9.17, 15) is 28.5 Å². The number of carbonyl (C=O) groups excluding carboxylic acids is 1. The van der Waals surface area contributed by atoms with Crippen LogP contribution >= 0.6 is 15.4 Å². The van der Waals surface area contributed by atoms with Gasteiger partial charge in [-0.15, -0.1) is 0 Å². The summed E-state index contributed by atoms with van der Waals surface area (Å²) >= 11 is 0. The Morgan fingerprint density at radius 1 is 1.07 bits per heavy atom. The zero-order valence-electron chi connectivity index (χ0n) is 23.2. The number of phosphoric acid groups is 1. The Bertz CT molecular complexity index is 1590. The first kappa shape index (κ1) is 32.1. The smallest absolute Gasteiger partial charge is 0.479 e. The number of anilines is 1. The maximum atomic E-state index is 12.5. The standard InChI is InChI=1S/C24H30N6O12P2/c1-2-25-24(33)29-21-18-22(27-12-26-21)30(13-28-18)23-20-19(40-17(41-20)10-14-6-4-3-5-7-14)15(39-23)11-38-44(36,37)42-43(34,35)9-8-16(31)32/h3-7,12-13,15,17,19-20,23H,2,8-11H2,1H3,(H,31,32)(H,34,35)(H,36,37)(H2,25,26,27,29,33)/t15-,17?,19?,20?,23-/m1/s1. The summed E-state index contributed by atoms with van der Waals surface area (Å²) in [6, 6.07) is 8.92. The number of phosphoric ester groups is 1. The fourth-order valence-electron chi connectivity index (χ4n) is 4.73. The highest BCUT2D eigenvalue weighted by atomic mass is 31.3. The number of imidazole rings is 1. The third kappa shape index (κ3) is 7.66. The Kier molecular flexibility index (Phi) is 9.74. The van der Waals surface area contributed by atoms with Crippen LogP contribution in [-0.2, 0) is 43.4 Å². The second-order valence-electron chi connectivity index (χ2n) is 9.77. The molecule has 0 spiro atoms. The molecule has 5 unspecified atom stereocenters. The van der Waals surface area contributed by atoms with Crippen molar-refractivity contribution in [2.75, 3.05) is 24.6 Å². The lowest BCUT2D eigenvalue weighted by Crippen LogP contribution is -2.31. The van der Waals surface area contributed by atoms with Gasteiger partial charge >= 0.3 is 27.4 Å². The molecule has 20 heteroatoms. The van der Waals surface area contributed by atoms with E-state index in [2.05, 4.69) is 29.9 Å². The molecule has 0 aliphatic carbocycles. The number of ether oxygens (including phenoxy) is 3. The van der Waals surface area contributed by atoms with Gasteiger partial charge in [0.1, 0.15) is 24.6 Å². The first-order valence-electron chi connectivity index (χ1n) is 13.4. The third-order valence-corrected chi connectivity index (χ3v) is 9.70. The van der Waals surface area contributed by atoms with E-state index in [0.29, 0.717) is 13.0 Å². The molecule has 2 fully saturated rings. The van der Waals surface area contributed by atoms with Crippen molar-refractivity contribution in [3.8, 4) is 0 Å². The number of benzene rings is 1. The Balaban J connectivity index is 1.36. The predicted molar refractivity (Wildman–Crippen MR) is 149 cm³/mol. The van der Waals surface area contributed by atoms with Gasteiger partial charge in [0.2, 0.25) is 0 Å². The van der Waals surface area contributed by atoms with Crippen molar-refractivity contribution >= 4 is 44.4 Å².